The summed E-state index contributed by atoms with van der Waals surface area (Å²) < 4.78 is 41.5. The molecule has 1 saturated heterocycles. The fourth-order valence-electron chi connectivity index (χ4n) is 4.12. The highest BCUT2D eigenvalue weighted by Crippen LogP contribution is 2.38. The second-order valence-electron chi connectivity index (χ2n) is 8.39. The number of carbonyl (C=O) groups excluding carboxylic acids is 1. The van der Waals surface area contributed by atoms with Crippen molar-refractivity contribution in [2.45, 2.75) is 32.4 Å². The van der Waals surface area contributed by atoms with Crippen molar-refractivity contribution >= 4 is 5.91 Å². The molecule has 0 N–H and O–H groups in total. The van der Waals surface area contributed by atoms with Crippen molar-refractivity contribution in [3.8, 4) is 28.6 Å². The highest BCUT2D eigenvalue weighted by molar-refractivity contribution is 5.93. The predicted molar refractivity (Wildman–Crippen MR) is 126 cm³/mol. The molecule has 35 heavy (non-hydrogen) atoms. The molecule has 0 radical (unpaired) electrons. The van der Waals surface area contributed by atoms with Gasteiger partial charge in [-0.15, -0.1) is 0 Å². The maximum absolute atomic E-state index is 14.0. The van der Waals surface area contributed by atoms with Crippen molar-refractivity contribution in [1.82, 2.24) is 10.1 Å². The number of amides is 1. The van der Waals surface area contributed by atoms with Crippen LogP contribution in [-0.4, -0.2) is 56.5 Å². The van der Waals surface area contributed by atoms with Gasteiger partial charge in [0.1, 0.15) is 5.82 Å². The highest BCUT2D eigenvalue weighted by Gasteiger charge is 2.27. The zero-order valence-corrected chi connectivity index (χ0v) is 20.3. The molecule has 0 saturated carbocycles. The van der Waals surface area contributed by atoms with E-state index in [2.05, 4.69) is 5.16 Å². The Balaban J connectivity index is 1.62. The second kappa shape index (κ2) is 10.8. The van der Waals surface area contributed by atoms with Crippen LogP contribution in [0.4, 0.5) is 4.39 Å². The third-order valence-corrected chi connectivity index (χ3v) is 6.02. The molecule has 0 bridgehead atoms. The molecule has 4 rings (SSSR count). The fraction of sp³-hybridized carbons (Fsp3) is 0.385. The zero-order valence-electron chi connectivity index (χ0n) is 20.3. The highest BCUT2D eigenvalue weighted by atomic mass is 19.1. The Morgan fingerprint density at radius 3 is 2.46 bits per heavy atom. The van der Waals surface area contributed by atoms with Gasteiger partial charge in [0.2, 0.25) is 5.75 Å². The largest absolute Gasteiger partial charge is 0.493 e. The zero-order chi connectivity index (χ0) is 24.9. The summed E-state index contributed by atoms with van der Waals surface area (Å²) in [7, 11) is 4.62. The Hall–Kier alpha value is -3.59. The molecule has 1 amide bonds. The first-order valence-corrected chi connectivity index (χ1v) is 11.4. The first kappa shape index (κ1) is 24.5. The molecule has 2 heterocycles. The smallest absolute Gasteiger partial charge is 0.276 e. The van der Waals surface area contributed by atoms with Crippen molar-refractivity contribution < 1.29 is 32.7 Å². The van der Waals surface area contributed by atoms with Gasteiger partial charge in [-0.25, -0.2) is 4.39 Å². The van der Waals surface area contributed by atoms with E-state index in [1.165, 1.54) is 19.2 Å². The number of nitrogens with zero attached hydrogens (tertiary/aromatic N) is 2. The van der Waals surface area contributed by atoms with Gasteiger partial charge in [-0.05, 0) is 49.1 Å². The van der Waals surface area contributed by atoms with Gasteiger partial charge in [0.05, 0.1) is 27.4 Å². The average Bonchev–Trinajstić information content (AvgIpc) is 3.57. The van der Waals surface area contributed by atoms with Crippen LogP contribution in [0.15, 0.2) is 40.9 Å². The summed E-state index contributed by atoms with van der Waals surface area (Å²) in [5.41, 5.74) is 1.95. The van der Waals surface area contributed by atoms with E-state index < -0.39 is 0 Å². The van der Waals surface area contributed by atoms with Crippen LogP contribution in [0.25, 0.3) is 11.3 Å². The van der Waals surface area contributed by atoms with E-state index in [9.17, 15) is 9.18 Å². The Kier molecular flexibility index (Phi) is 7.55. The van der Waals surface area contributed by atoms with Crippen LogP contribution in [0.1, 0.15) is 34.5 Å². The molecule has 0 unspecified atom stereocenters. The summed E-state index contributed by atoms with van der Waals surface area (Å²) in [5.74, 6) is 1.11. The molecular weight excluding hydrogens is 455 g/mol. The molecule has 8 nitrogen and oxygen atoms in total. The lowest BCUT2D eigenvalue weighted by atomic mass is 10.1. The summed E-state index contributed by atoms with van der Waals surface area (Å²) in [6.45, 7) is 3.00. The van der Waals surface area contributed by atoms with E-state index in [-0.39, 0.29) is 30.1 Å². The number of carbonyl (C=O) groups is 1. The summed E-state index contributed by atoms with van der Waals surface area (Å²) in [6, 6.07) is 9.89. The molecule has 1 fully saturated rings. The van der Waals surface area contributed by atoms with Gasteiger partial charge in [0, 0.05) is 31.3 Å². The number of methoxy groups -OCH3 is 3. The SMILES string of the molecule is COc1cc(CN(C[C@@H]2CCCO2)C(=O)c2cc(-c3ccc(C)c(F)c3)on2)cc(OC)c1OC. The number of hydrogen-bond donors (Lipinski definition) is 0. The first-order chi connectivity index (χ1) is 16.9. The number of ether oxygens (including phenoxy) is 4. The quantitative estimate of drug-likeness (QED) is 0.438. The van der Waals surface area contributed by atoms with Gasteiger partial charge >= 0.3 is 0 Å². The summed E-state index contributed by atoms with van der Waals surface area (Å²) in [4.78, 5) is 15.2. The van der Waals surface area contributed by atoms with E-state index in [1.54, 1.807) is 50.3 Å². The van der Waals surface area contributed by atoms with E-state index in [0.29, 0.717) is 47.3 Å². The van der Waals surface area contributed by atoms with E-state index in [4.69, 9.17) is 23.5 Å². The molecule has 0 aliphatic carbocycles. The van der Waals surface area contributed by atoms with Crippen LogP contribution in [0.5, 0.6) is 17.2 Å². The molecule has 1 aliphatic heterocycles. The van der Waals surface area contributed by atoms with Gasteiger partial charge in [0.25, 0.3) is 5.91 Å². The number of benzene rings is 2. The number of aryl methyl sites for hydroxylation is 1. The predicted octanol–water partition coefficient (Wildman–Crippen LogP) is 4.64. The van der Waals surface area contributed by atoms with Crippen LogP contribution in [0.2, 0.25) is 0 Å². The Bertz CT molecular complexity index is 1160. The Labute approximate surface area is 203 Å². The van der Waals surface area contributed by atoms with Crippen molar-refractivity contribution in [3.05, 3.63) is 59.0 Å². The number of rotatable bonds is 9. The van der Waals surface area contributed by atoms with Crippen LogP contribution in [-0.2, 0) is 11.3 Å². The maximum Gasteiger partial charge on any atom is 0.276 e. The standard InChI is InChI=1S/C26H29FN2O6/c1-16-7-8-18(12-20(16)27)22-13-21(28-35-22)26(30)29(15-19-6-5-9-34-19)14-17-10-23(31-2)25(33-4)24(11-17)32-3/h7-8,10-13,19H,5-6,9,14-15H2,1-4H3/t19-/m0/s1. The molecule has 1 aromatic heterocycles. The van der Waals surface area contributed by atoms with E-state index in [0.717, 1.165) is 18.4 Å². The number of aromatic nitrogens is 1. The fourth-order valence-corrected chi connectivity index (χ4v) is 4.12. The van der Waals surface area contributed by atoms with Crippen molar-refractivity contribution in [1.29, 1.82) is 0 Å². The topological polar surface area (TPSA) is 83.3 Å². The monoisotopic (exact) mass is 484 g/mol. The van der Waals surface area contributed by atoms with Crippen molar-refractivity contribution in [3.63, 3.8) is 0 Å². The first-order valence-electron chi connectivity index (χ1n) is 11.4. The van der Waals surface area contributed by atoms with Gasteiger partial charge < -0.3 is 28.4 Å². The van der Waals surface area contributed by atoms with Crippen LogP contribution >= 0.6 is 0 Å². The normalized spacial score (nSPS) is 15.2. The lowest BCUT2D eigenvalue weighted by Gasteiger charge is -2.25. The van der Waals surface area contributed by atoms with Gasteiger partial charge in [-0.3, -0.25) is 4.79 Å². The van der Waals surface area contributed by atoms with Crippen LogP contribution < -0.4 is 14.2 Å². The lowest BCUT2D eigenvalue weighted by Crippen LogP contribution is -2.37. The van der Waals surface area contributed by atoms with Gasteiger partial charge in [-0.1, -0.05) is 17.3 Å². The van der Waals surface area contributed by atoms with Crippen molar-refractivity contribution in [2.24, 2.45) is 0 Å². The van der Waals surface area contributed by atoms with E-state index >= 15 is 0 Å². The Morgan fingerprint density at radius 2 is 1.86 bits per heavy atom. The van der Waals surface area contributed by atoms with E-state index in [1.807, 2.05) is 0 Å². The molecule has 1 atom stereocenters. The third kappa shape index (κ3) is 5.40. The van der Waals surface area contributed by atoms with Crippen LogP contribution in [0.3, 0.4) is 0 Å². The molecule has 1 aliphatic rings. The molecular formula is C26H29FN2O6. The average molecular weight is 485 g/mol. The Morgan fingerprint density at radius 1 is 1.11 bits per heavy atom. The minimum absolute atomic E-state index is 0.0708. The summed E-state index contributed by atoms with van der Waals surface area (Å²) in [5, 5.41) is 3.98. The lowest BCUT2D eigenvalue weighted by molar-refractivity contribution is 0.0499. The summed E-state index contributed by atoms with van der Waals surface area (Å²) in [6.07, 6.45) is 1.74. The molecule has 0 spiro atoms. The molecule has 186 valence electrons. The molecule has 3 aromatic rings. The van der Waals surface area contributed by atoms with Gasteiger partial charge in [-0.2, -0.15) is 0 Å². The number of hydrogen-bond acceptors (Lipinski definition) is 7. The van der Waals surface area contributed by atoms with Gasteiger partial charge in [0.15, 0.2) is 23.0 Å². The summed E-state index contributed by atoms with van der Waals surface area (Å²) >= 11 is 0. The third-order valence-electron chi connectivity index (χ3n) is 6.02. The van der Waals surface area contributed by atoms with Crippen LogP contribution in [0, 0.1) is 12.7 Å². The molecule has 9 heteroatoms. The number of halogens is 1. The maximum atomic E-state index is 14.0. The molecule has 2 aromatic carbocycles. The minimum atomic E-state index is -0.353. The van der Waals surface area contributed by atoms with Crippen molar-refractivity contribution in [2.75, 3.05) is 34.5 Å². The second-order valence-corrected chi connectivity index (χ2v) is 8.39. The minimum Gasteiger partial charge on any atom is -0.493 e.